The third-order valence-electron chi connectivity index (χ3n) is 16.5. The highest BCUT2D eigenvalue weighted by molar-refractivity contribution is 6.32. The van der Waals surface area contributed by atoms with E-state index in [0.717, 1.165) is 31.4 Å². The molecular formula is C61H62Cl4F2N8O13. The predicted molar refractivity (Wildman–Crippen MR) is 327 cm³/mol. The number of ether oxygens (including phenoxy) is 2. The second kappa shape index (κ2) is 27.9. The van der Waals surface area contributed by atoms with Crippen LogP contribution in [0.25, 0.3) is 0 Å². The van der Waals surface area contributed by atoms with Gasteiger partial charge in [-0.15, -0.1) is 0 Å². The van der Waals surface area contributed by atoms with Crippen LogP contribution in [0.2, 0.25) is 20.1 Å². The van der Waals surface area contributed by atoms with E-state index in [1.165, 1.54) is 50.6 Å². The van der Waals surface area contributed by atoms with Gasteiger partial charge in [-0.25, -0.2) is 18.4 Å². The van der Waals surface area contributed by atoms with Gasteiger partial charge in [0.1, 0.15) is 22.7 Å². The molecule has 0 bridgehead atoms. The molecule has 5 aliphatic rings. The van der Waals surface area contributed by atoms with Crippen LogP contribution in [0.15, 0.2) is 109 Å². The lowest BCUT2D eigenvalue weighted by Crippen LogP contribution is -2.54. The van der Waals surface area contributed by atoms with E-state index in [2.05, 4.69) is 26.0 Å². The second-order valence-electron chi connectivity index (χ2n) is 21.0. The van der Waals surface area contributed by atoms with Crippen LogP contribution in [0.5, 0.6) is 0 Å². The van der Waals surface area contributed by atoms with E-state index < -0.39 is 86.2 Å². The van der Waals surface area contributed by atoms with Crippen molar-refractivity contribution in [2.45, 2.75) is 87.7 Å². The van der Waals surface area contributed by atoms with Crippen LogP contribution in [-0.2, 0) is 36.7 Å². The van der Waals surface area contributed by atoms with E-state index in [0.29, 0.717) is 45.4 Å². The van der Waals surface area contributed by atoms with Gasteiger partial charge in [0.2, 0.25) is 11.8 Å². The van der Waals surface area contributed by atoms with E-state index >= 15 is 4.39 Å². The van der Waals surface area contributed by atoms with Gasteiger partial charge in [0.25, 0.3) is 11.4 Å². The number of esters is 2. The summed E-state index contributed by atoms with van der Waals surface area (Å²) in [6.45, 7) is -0.298. The zero-order chi connectivity index (χ0) is 62.1. The minimum Gasteiger partial charge on any atom is -0.465 e. The normalized spacial score (nSPS) is 22.9. The number of methoxy groups -OCH3 is 2. The molecule has 6 aromatic rings. The standard InChI is InChI=1S/C32H31Cl2FN4O6.C18H16Cl2FN3O2.C9H7NO5.2CH4/c1-45-30(41)18-8-9-19(25(12-18)39(43)44)14-36-29-26(16-40)38(15-17-4-2-5-17)32(27(29)21-6-3-7-23(34)28(21)35)22-11-10-20(33)13-24(22)37-31(32)42;19-8-4-5-10-12(6-8)23-17(26)18(10)14(16(22)13(7-25)24-18)9-2-1-3-11(20)15(9)21;1-15-9(12)6-2-3-7(5-11)8(4-6)10(13)14;;/h3,6-13,17,26-27,29,36,40H,2,4-5,14-16H2,1H3,(H,37,42);1-6,13-14,16,24-25H,7,22H2,(H,23,26);2-5H,1H3;2*1H4/t26-,27-,29+,32+;13-,14-,16+,18+;;;/m00.../s1. The number of amides is 2. The zero-order valence-electron chi connectivity index (χ0n) is 45.5. The first-order valence-electron chi connectivity index (χ1n) is 26.6. The van der Waals surface area contributed by atoms with Gasteiger partial charge in [-0.2, -0.15) is 0 Å². The van der Waals surface area contributed by atoms with Crippen molar-refractivity contribution in [2.24, 2.45) is 11.7 Å². The number of fused-ring (bicyclic) bond motifs is 4. The smallest absolute Gasteiger partial charge is 0.338 e. The molecule has 8 atom stereocenters. The number of hydrogen-bond acceptors (Lipinski definition) is 17. The summed E-state index contributed by atoms with van der Waals surface area (Å²) in [5, 5.41) is 56.3. The summed E-state index contributed by atoms with van der Waals surface area (Å²) < 4.78 is 40.0. The summed E-state index contributed by atoms with van der Waals surface area (Å²) in [5.41, 5.74) is 5.71. The Morgan fingerprint density at radius 2 is 1.28 bits per heavy atom. The molecule has 466 valence electrons. The number of halogens is 6. The number of nitrogens with one attached hydrogen (secondary N) is 4. The number of nitrogens with two attached hydrogens (primary N) is 1. The Bertz CT molecular complexity index is 3720. The lowest BCUT2D eigenvalue weighted by molar-refractivity contribution is -0.385. The van der Waals surface area contributed by atoms with Gasteiger partial charge in [-0.1, -0.05) is 110 Å². The van der Waals surface area contributed by atoms with Crippen LogP contribution in [0.1, 0.15) is 105 Å². The van der Waals surface area contributed by atoms with Crippen molar-refractivity contribution in [3.8, 4) is 0 Å². The first kappa shape index (κ1) is 67.9. The predicted octanol–water partition coefficient (Wildman–Crippen LogP) is 10.2. The Balaban J connectivity index is 0.000000216. The number of nitro groups is 2. The Morgan fingerprint density at radius 3 is 1.81 bits per heavy atom. The van der Waals surface area contributed by atoms with Gasteiger partial charge in [0.15, 0.2) is 6.29 Å². The molecule has 21 nitrogen and oxygen atoms in total. The topological polar surface area (TPSA) is 308 Å². The highest BCUT2D eigenvalue weighted by Gasteiger charge is 2.67. The SMILES string of the molecule is C.C.COC(=O)c1ccc(C=O)c([N+](=O)[O-])c1.COC(=O)c1ccc(CN[C@@H]2[C@H](CO)N(CC3CCC3)[C@@]3(C(=O)Nc4cc(Cl)ccc43)[C@H]2c2cccc(Cl)c2F)c([N+](=O)[O-])c1.N[C@@H]1[C@H](CO)N[C@@]2(C(=O)Nc3cc(Cl)ccc32)[C@H]1c1cccc(Cl)c1F. The molecule has 88 heavy (non-hydrogen) atoms. The van der Waals surface area contributed by atoms with Crippen molar-refractivity contribution in [2.75, 3.05) is 44.6 Å². The quantitative estimate of drug-likeness (QED) is 0.0231. The summed E-state index contributed by atoms with van der Waals surface area (Å²) in [6.07, 6.45) is 3.31. The summed E-state index contributed by atoms with van der Waals surface area (Å²) in [5.74, 6) is -4.91. The molecule has 0 unspecified atom stereocenters. The number of benzene rings is 6. The zero-order valence-corrected chi connectivity index (χ0v) is 48.6. The maximum atomic E-state index is 16.1. The number of nitro benzene ring substituents is 2. The molecule has 0 aromatic heterocycles. The van der Waals surface area contributed by atoms with Crippen molar-refractivity contribution in [3.05, 3.63) is 206 Å². The van der Waals surface area contributed by atoms with Crippen LogP contribution in [0.3, 0.4) is 0 Å². The van der Waals surface area contributed by atoms with Crippen molar-refractivity contribution in [1.82, 2.24) is 15.5 Å². The average Bonchev–Trinajstić information content (AvgIpc) is 1.53. The fraction of sp³-hybridized carbons (Fsp3) is 0.328. The molecule has 3 fully saturated rings. The molecule has 8 N–H and O–H groups in total. The van der Waals surface area contributed by atoms with Crippen LogP contribution in [0, 0.1) is 37.8 Å². The van der Waals surface area contributed by atoms with Crippen LogP contribution >= 0.6 is 46.4 Å². The molecular weight excluding hydrogens is 1230 g/mol. The highest BCUT2D eigenvalue weighted by atomic mass is 35.5. The first-order chi connectivity index (χ1) is 41.1. The van der Waals surface area contributed by atoms with Gasteiger partial charge >= 0.3 is 11.9 Å². The monoisotopic (exact) mass is 1290 g/mol. The lowest BCUT2D eigenvalue weighted by atomic mass is 9.73. The molecule has 1 saturated carbocycles. The second-order valence-corrected chi connectivity index (χ2v) is 22.6. The molecule has 1 aliphatic carbocycles. The molecule has 2 saturated heterocycles. The first-order valence-corrected chi connectivity index (χ1v) is 28.2. The minimum atomic E-state index is -1.47. The molecule has 2 spiro atoms. The van der Waals surface area contributed by atoms with Gasteiger partial charge in [-0.3, -0.25) is 44.8 Å². The molecule has 2 amide bonds. The Hall–Kier alpha value is -7.55. The molecule has 0 radical (unpaired) electrons. The number of aliphatic hydroxyl groups excluding tert-OH is 2. The number of hydrogen-bond donors (Lipinski definition) is 7. The number of likely N-dealkylation sites (tertiary alicyclic amines) is 1. The van der Waals surface area contributed by atoms with E-state index in [1.807, 2.05) is 4.90 Å². The maximum Gasteiger partial charge on any atom is 0.338 e. The number of carbonyl (C=O) groups is 5. The van der Waals surface area contributed by atoms with Gasteiger partial charge in [-0.05, 0) is 84.5 Å². The third-order valence-corrected chi connectivity index (χ3v) is 17.6. The number of rotatable bonds is 14. The molecule has 27 heteroatoms. The van der Waals surface area contributed by atoms with E-state index in [-0.39, 0.29) is 101 Å². The maximum absolute atomic E-state index is 16.1. The summed E-state index contributed by atoms with van der Waals surface area (Å²) >= 11 is 24.6. The third kappa shape index (κ3) is 12.2. The lowest BCUT2D eigenvalue weighted by Gasteiger charge is -2.42. The molecule has 4 heterocycles. The minimum absolute atomic E-state index is 0. The van der Waals surface area contributed by atoms with E-state index in [1.54, 1.807) is 60.7 Å². The van der Waals surface area contributed by atoms with Crippen molar-refractivity contribution >= 4 is 99.2 Å². The van der Waals surface area contributed by atoms with Crippen LogP contribution in [0.4, 0.5) is 31.5 Å². The Labute approximate surface area is 524 Å². The average molecular weight is 1300 g/mol. The van der Waals surface area contributed by atoms with Crippen molar-refractivity contribution in [1.29, 1.82) is 0 Å². The largest absolute Gasteiger partial charge is 0.465 e. The number of anilines is 2. The molecule has 6 aromatic carbocycles. The van der Waals surface area contributed by atoms with Crippen LogP contribution in [-0.4, -0.2) is 113 Å². The fourth-order valence-electron chi connectivity index (χ4n) is 12.4. The summed E-state index contributed by atoms with van der Waals surface area (Å²) in [7, 11) is 2.35. The van der Waals surface area contributed by atoms with E-state index in [9.17, 15) is 58.8 Å². The van der Waals surface area contributed by atoms with Gasteiger partial charge in [0.05, 0.1) is 70.1 Å². The van der Waals surface area contributed by atoms with Gasteiger partial charge < -0.3 is 41.4 Å². The number of aliphatic hydroxyl groups is 2. The molecule has 11 rings (SSSR count). The Kier molecular flexibility index (Phi) is 21.5. The summed E-state index contributed by atoms with van der Waals surface area (Å²) in [6, 6.07) is 24.1. The summed E-state index contributed by atoms with van der Waals surface area (Å²) in [4.78, 5) is 84.3. The number of nitrogens with zero attached hydrogens (tertiary/aromatic N) is 3. The number of aldehydes is 1. The van der Waals surface area contributed by atoms with Gasteiger partial charge in [0, 0.05) is 93.3 Å². The Morgan fingerprint density at radius 1 is 0.750 bits per heavy atom. The van der Waals surface area contributed by atoms with Crippen LogP contribution < -0.4 is 27.0 Å². The highest BCUT2D eigenvalue weighted by Crippen LogP contribution is 2.59. The fourth-order valence-corrected chi connectivity index (χ4v) is 13.1. The van der Waals surface area contributed by atoms with Crippen molar-refractivity contribution < 1.29 is 62.3 Å². The van der Waals surface area contributed by atoms with Crippen molar-refractivity contribution in [3.63, 3.8) is 0 Å². The molecule has 4 aliphatic heterocycles. The van der Waals surface area contributed by atoms with E-state index in [4.69, 9.17) is 56.9 Å². The number of carbonyl (C=O) groups excluding carboxylic acids is 5.